The van der Waals surface area contributed by atoms with E-state index in [9.17, 15) is 0 Å². The fraction of sp³-hybridized carbons (Fsp3) is 1.00. The van der Waals surface area contributed by atoms with Crippen LogP contribution in [0, 0.1) is 5.41 Å². The Morgan fingerprint density at radius 3 is 1.56 bits per heavy atom. The fourth-order valence-electron chi connectivity index (χ4n) is 2.11. The summed E-state index contributed by atoms with van der Waals surface area (Å²) in [6.07, 6.45) is 13.8. The van der Waals surface area contributed by atoms with E-state index in [0.29, 0.717) is 6.04 Å². The molecule has 112 valence electrons. The summed E-state index contributed by atoms with van der Waals surface area (Å²) >= 11 is 0. The van der Waals surface area contributed by atoms with Crippen molar-refractivity contribution in [3.05, 3.63) is 0 Å². The predicted molar refractivity (Wildman–Crippen MR) is 89.6 cm³/mol. The molecule has 0 aliphatic rings. The third kappa shape index (κ3) is 12.9. The van der Waals surface area contributed by atoms with Crippen molar-refractivity contribution in [2.24, 2.45) is 11.1 Å². The number of hydrogen-bond acceptors (Lipinski definition) is 1. The van der Waals surface area contributed by atoms with Gasteiger partial charge in [0.15, 0.2) is 0 Å². The summed E-state index contributed by atoms with van der Waals surface area (Å²) in [5, 5.41) is 0. The Morgan fingerprint density at radius 2 is 1.17 bits per heavy atom. The first kappa shape index (κ1) is 20.8. The topological polar surface area (TPSA) is 26.0 Å². The molecule has 0 aromatic rings. The first-order chi connectivity index (χ1) is 7.98. The Kier molecular flexibility index (Phi) is 14.4. The largest absolute Gasteiger partial charge is 0.327 e. The molecule has 1 unspecified atom stereocenters. The molecule has 2 heteroatoms. The lowest BCUT2D eigenvalue weighted by molar-refractivity contribution is 0.298. The molecule has 0 rings (SSSR count). The lowest BCUT2D eigenvalue weighted by atomic mass is 9.84. The Bertz CT molecular complexity index is 163. The number of unbranched alkanes of at least 4 members (excludes halogenated alkanes) is 8. The maximum atomic E-state index is 6.15. The molecule has 0 aromatic heterocycles. The molecule has 18 heavy (non-hydrogen) atoms. The van der Waals surface area contributed by atoms with E-state index in [1.165, 1.54) is 64.2 Å². The zero-order chi connectivity index (χ0) is 13.1. The van der Waals surface area contributed by atoms with Gasteiger partial charge in [0.1, 0.15) is 0 Å². The van der Waals surface area contributed by atoms with Gasteiger partial charge in [0, 0.05) is 6.04 Å². The van der Waals surface area contributed by atoms with Gasteiger partial charge in [-0.1, -0.05) is 85.5 Å². The molecule has 1 atom stereocenters. The van der Waals surface area contributed by atoms with Crippen molar-refractivity contribution in [2.45, 2.75) is 97.9 Å². The van der Waals surface area contributed by atoms with Crippen molar-refractivity contribution in [1.82, 2.24) is 0 Å². The molecular formula is C16H36BrN. The van der Waals surface area contributed by atoms with Crippen molar-refractivity contribution in [1.29, 1.82) is 0 Å². The van der Waals surface area contributed by atoms with E-state index in [1.54, 1.807) is 0 Å². The SMILES string of the molecule is Br.CCCCCCCCCCCC(N)C(C)(C)C. The molecule has 0 aromatic carbocycles. The van der Waals surface area contributed by atoms with Crippen molar-refractivity contribution in [3.63, 3.8) is 0 Å². The van der Waals surface area contributed by atoms with Gasteiger partial charge in [-0.05, 0) is 11.8 Å². The molecule has 0 heterocycles. The monoisotopic (exact) mass is 321 g/mol. The summed E-state index contributed by atoms with van der Waals surface area (Å²) in [7, 11) is 0. The highest BCUT2D eigenvalue weighted by molar-refractivity contribution is 8.93. The van der Waals surface area contributed by atoms with Crippen LogP contribution in [0.2, 0.25) is 0 Å². The highest BCUT2D eigenvalue weighted by Crippen LogP contribution is 2.22. The normalized spacial score (nSPS) is 13.2. The van der Waals surface area contributed by atoms with Gasteiger partial charge in [0.05, 0.1) is 0 Å². The molecule has 0 aliphatic heterocycles. The smallest absolute Gasteiger partial charge is 0.00876 e. The van der Waals surface area contributed by atoms with Gasteiger partial charge in [-0.2, -0.15) is 0 Å². The van der Waals surface area contributed by atoms with Gasteiger partial charge >= 0.3 is 0 Å². The van der Waals surface area contributed by atoms with Gasteiger partial charge in [-0.15, -0.1) is 17.0 Å². The van der Waals surface area contributed by atoms with E-state index < -0.39 is 0 Å². The van der Waals surface area contributed by atoms with Gasteiger partial charge in [-0.25, -0.2) is 0 Å². The van der Waals surface area contributed by atoms with Crippen LogP contribution in [0.25, 0.3) is 0 Å². The molecule has 0 aliphatic carbocycles. The Morgan fingerprint density at radius 1 is 0.778 bits per heavy atom. The maximum Gasteiger partial charge on any atom is 0.00876 e. The summed E-state index contributed by atoms with van der Waals surface area (Å²) in [5.74, 6) is 0. The van der Waals surface area contributed by atoms with Crippen LogP contribution in [-0.2, 0) is 0 Å². The number of rotatable bonds is 10. The van der Waals surface area contributed by atoms with Gasteiger partial charge in [-0.3, -0.25) is 0 Å². The minimum absolute atomic E-state index is 0. The van der Waals surface area contributed by atoms with Gasteiger partial charge in [0.2, 0.25) is 0 Å². The number of halogens is 1. The molecule has 1 nitrogen and oxygen atoms in total. The third-order valence-electron chi connectivity index (χ3n) is 3.73. The molecule has 0 fully saturated rings. The second kappa shape index (κ2) is 12.5. The average Bonchev–Trinajstić information content (AvgIpc) is 2.25. The molecule has 0 saturated carbocycles. The summed E-state index contributed by atoms with van der Waals surface area (Å²) in [6.45, 7) is 9.00. The average molecular weight is 322 g/mol. The Hall–Kier alpha value is 0.440. The van der Waals surface area contributed by atoms with E-state index >= 15 is 0 Å². The quantitative estimate of drug-likeness (QED) is 0.501. The second-order valence-corrected chi connectivity index (χ2v) is 6.59. The molecule has 0 radical (unpaired) electrons. The lowest BCUT2D eigenvalue weighted by Crippen LogP contribution is -2.34. The van der Waals surface area contributed by atoms with Crippen LogP contribution in [0.1, 0.15) is 91.9 Å². The van der Waals surface area contributed by atoms with Crippen LogP contribution < -0.4 is 5.73 Å². The molecular weight excluding hydrogens is 286 g/mol. The van der Waals surface area contributed by atoms with Crippen molar-refractivity contribution in [3.8, 4) is 0 Å². The number of hydrogen-bond donors (Lipinski definition) is 1. The van der Waals surface area contributed by atoms with E-state index in [1.807, 2.05) is 0 Å². The molecule has 0 amide bonds. The van der Waals surface area contributed by atoms with Crippen LogP contribution in [0.15, 0.2) is 0 Å². The standard InChI is InChI=1S/C16H35N.BrH/c1-5-6-7-8-9-10-11-12-13-14-15(17)16(2,3)4;/h15H,5-14,17H2,1-4H3;1H. The van der Waals surface area contributed by atoms with Crippen molar-refractivity contribution >= 4 is 17.0 Å². The molecule has 0 bridgehead atoms. The summed E-state index contributed by atoms with van der Waals surface area (Å²) in [5.41, 5.74) is 6.42. The minimum atomic E-state index is 0. The van der Waals surface area contributed by atoms with Crippen molar-refractivity contribution in [2.75, 3.05) is 0 Å². The van der Waals surface area contributed by atoms with Gasteiger partial charge in [0.25, 0.3) is 0 Å². The van der Waals surface area contributed by atoms with E-state index in [-0.39, 0.29) is 22.4 Å². The fourth-order valence-corrected chi connectivity index (χ4v) is 2.11. The van der Waals surface area contributed by atoms with Crippen LogP contribution in [0.5, 0.6) is 0 Å². The Labute approximate surface area is 126 Å². The lowest BCUT2D eigenvalue weighted by Gasteiger charge is -2.26. The summed E-state index contributed by atoms with van der Waals surface area (Å²) in [4.78, 5) is 0. The number of nitrogens with two attached hydrogens (primary N) is 1. The predicted octanol–water partition coefficient (Wildman–Crippen LogP) is 5.86. The summed E-state index contributed by atoms with van der Waals surface area (Å²) in [6, 6.07) is 0.368. The first-order valence-electron chi connectivity index (χ1n) is 7.74. The zero-order valence-corrected chi connectivity index (χ0v) is 14.8. The van der Waals surface area contributed by atoms with Crippen LogP contribution in [0.3, 0.4) is 0 Å². The van der Waals surface area contributed by atoms with Crippen LogP contribution in [-0.4, -0.2) is 6.04 Å². The van der Waals surface area contributed by atoms with Crippen LogP contribution >= 0.6 is 17.0 Å². The van der Waals surface area contributed by atoms with Gasteiger partial charge < -0.3 is 5.73 Å². The van der Waals surface area contributed by atoms with Crippen molar-refractivity contribution < 1.29 is 0 Å². The van der Waals surface area contributed by atoms with Crippen LogP contribution in [0.4, 0.5) is 0 Å². The Balaban J connectivity index is 0. The molecule has 2 N–H and O–H groups in total. The van der Waals surface area contributed by atoms with E-state index in [4.69, 9.17) is 5.73 Å². The third-order valence-corrected chi connectivity index (χ3v) is 3.73. The van der Waals surface area contributed by atoms with E-state index in [0.717, 1.165) is 0 Å². The van der Waals surface area contributed by atoms with E-state index in [2.05, 4.69) is 27.7 Å². The second-order valence-electron chi connectivity index (χ2n) is 6.59. The highest BCUT2D eigenvalue weighted by atomic mass is 79.9. The maximum absolute atomic E-state index is 6.15. The molecule has 0 spiro atoms. The first-order valence-corrected chi connectivity index (χ1v) is 7.74. The zero-order valence-electron chi connectivity index (χ0n) is 13.1. The minimum Gasteiger partial charge on any atom is -0.327 e. The summed E-state index contributed by atoms with van der Waals surface area (Å²) < 4.78 is 0. The highest BCUT2D eigenvalue weighted by Gasteiger charge is 2.19. The molecule has 0 saturated heterocycles.